The third-order valence-corrected chi connectivity index (χ3v) is 5.30. The average molecular weight is 393 g/mol. The number of methoxy groups -OCH3 is 1. The molecular formula is C21H19N3O3S. The van der Waals surface area contributed by atoms with Crippen molar-refractivity contribution in [2.24, 2.45) is 0 Å². The number of nitriles is 1. The minimum absolute atomic E-state index is 0.0559. The molecular weight excluding hydrogens is 374 g/mol. The molecule has 1 heterocycles. The SMILES string of the molecule is COc1ccccc1NC(=O)CSC1=C(C#N)[C@H](c2ccccc2)CC(=O)N1. The Kier molecular flexibility index (Phi) is 6.35. The molecule has 0 fully saturated rings. The van der Waals surface area contributed by atoms with Gasteiger partial charge >= 0.3 is 0 Å². The standard InChI is InChI=1S/C21H19N3O3S/c1-27-18-10-6-5-9-17(18)23-20(26)13-28-21-16(12-22)15(11-19(25)24-21)14-7-3-2-4-8-14/h2-10,15H,11,13H2,1H3,(H,23,26)(H,24,25)/t15-/m0/s1. The van der Waals surface area contributed by atoms with Gasteiger partial charge in [0.1, 0.15) is 5.75 Å². The number of hydrogen-bond donors (Lipinski definition) is 2. The van der Waals surface area contributed by atoms with Gasteiger partial charge in [0.25, 0.3) is 0 Å². The van der Waals surface area contributed by atoms with E-state index in [4.69, 9.17) is 4.74 Å². The number of allylic oxidation sites excluding steroid dienone is 1. The van der Waals surface area contributed by atoms with Crippen molar-refractivity contribution in [2.45, 2.75) is 12.3 Å². The van der Waals surface area contributed by atoms with Crippen LogP contribution in [0, 0.1) is 11.3 Å². The molecule has 142 valence electrons. The summed E-state index contributed by atoms with van der Waals surface area (Å²) in [5.41, 5.74) is 1.95. The normalized spacial score (nSPS) is 16.1. The Morgan fingerprint density at radius 3 is 2.68 bits per heavy atom. The third-order valence-electron chi connectivity index (χ3n) is 4.29. The lowest BCUT2D eigenvalue weighted by Crippen LogP contribution is -2.31. The number of benzene rings is 2. The summed E-state index contributed by atoms with van der Waals surface area (Å²) in [6, 6.07) is 18.8. The van der Waals surface area contributed by atoms with E-state index in [2.05, 4.69) is 16.7 Å². The molecule has 6 nitrogen and oxygen atoms in total. The van der Waals surface area contributed by atoms with Crippen LogP contribution in [-0.2, 0) is 9.59 Å². The van der Waals surface area contributed by atoms with Crippen LogP contribution in [-0.4, -0.2) is 24.7 Å². The lowest BCUT2D eigenvalue weighted by molar-refractivity contribution is -0.121. The number of para-hydroxylation sites is 2. The van der Waals surface area contributed by atoms with E-state index in [0.29, 0.717) is 22.0 Å². The number of carbonyl (C=O) groups is 2. The van der Waals surface area contributed by atoms with Crippen LogP contribution in [0.1, 0.15) is 17.9 Å². The van der Waals surface area contributed by atoms with Gasteiger partial charge in [0.05, 0.1) is 35.2 Å². The smallest absolute Gasteiger partial charge is 0.234 e. The minimum atomic E-state index is -0.306. The Morgan fingerprint density at radius 1 is 1.25 bits per heavy atom. The van der Waals surface area contributed by atoms with E-state index in [1.165, 1.54) is 7.11 Å². The molecule has 0 unspecified atom stereocenters. The minimum Gasteiger partial charge on any atom is -0.495 e. The van der Waals surface area contributed by atoms with Crippen LogP contribution in [0.15, 0.2) is 65.2 Å². The van der Waals surface area contributed by atoms with Gasteiger partial charge in [-0.1, -0.05) is 54.2 Å². The lowest BCUT2D eigenvalue weighted by atomic mass is 9.87. The van der Waals surface area contributed by atoms with Gasteiger partial charge in [-0.2, -0.15) is 5.26 Å². The molecule has 1 aliphatic heterocycles. The second-order valence-corrected chi connectivity index (χ2v) is 7.09. The van der Waals surface area contributed by atoms with E-state index in [1.807, 2.05) is 36.4 Å². The number of thioether (sulfide) groups is 1. The molecule has 0 radical (unpaired) electrons. The molecule has 2 aromatic carbocycles. The first-order valence-electron chi connectivity index (χ1n) is 8.67. The van der Waals surface area contributed by atoms with Crippen molar-refractivity contribution in [2.75, 3.05) is 18.2 Å². The summed E-state index contributed by atoms with van der Waals surface area (Å²) in [7, 11) is 1.53. The fourth-order valence-corrected chi connectivity index (χ4v) is 3.85. The lowest BCUT2D eigenvalue weighted by Gasteiger charge is -2.25. The molecule has 0 bridgehead atoms. The molecule has 0 aromatic heterocycles. The molecule has 28 heavy (non-hydrogen) atoms. The maximum absolute atomic E-state index is 12.3. The Balaban J connectivity index is 1.74. The number of amides is 2. The average Bonchev–Trinajstić information content (AvgIpc) is 2.73. The van der Waals surface area contributed by atoms with E-state index in [0.717, 1.165) is 17.3 Å². The Morgan fingerprint density at radius 2 is 1.96 bits per heavy atom. The largest absolute Gasteiger partial charge is 0.495 e. The summed E-state index contributed by atoms with van der Waals surface area (Å²) >= 11 is 1.15. The van der Waals surface area contributed by atoms with Crippen LogP contribution in [0.5, 0.6) is 5.75 Å². The maximum Gasteiger partial charge on any atom is 0.234 e. The molecule has 0 aliphatic carbocycles. The molecule has 3 rings (SSSR count). The highest BCUT2D eigenvalue weighted by molar-refractivity contribution is 8.03. The van der Waals surface area contributed by atoms with Crippen LogP contribution < -0.4 is 15.4 Å². The van der Waals surface area contributed by atoms with Crippen molar-refractivity contribution in [3.63, 3.8) is 0 Å². The zero-order chi connectivity index (χ0) is 19.9. The van der Waals surface area contributed by atoms with Crippen molar-refractivity contribution >= 4 is 29.3 Å². The fourth-order valence-electron chi connectivity index (χ4n) is 2.97. The van der Waals surface area contributed by atoms with Crippen molar-refractivity contribution in [1.82, 2.24) is 5.32 Å². The Labute approximate surface area is 167 Å². The van der Waals surface area contributed by atoms with E-state index in [9.17, 15) is 14.9 Å². The highest BCUT2D eigenvalue weighted by Crippen LogP contribution is 2.35. The second kappa shape index (κ2) is 9.11. The van der Waals surface area contributed by atoms with Gasteiger partial charge < -0.3 is 15.4 Å². The van der Waals surface area contributed by atoms with Crippen molar-refractivity contribution in [1.29, 1.82) is 5.26 Å². The van der Waals surface area contributed by atoms with Crippen molar-refractivity contribution in [3.05, 3.63) is 70.8 Å². The van der Waals surface area contributed by atoms with Gasteiger partial charge in [-0.05, 0) is 17.7 Å². The van der Waals surface area contributed by atoms with Gasteiger partial charge in [-0.25, -0.2) is 0 Å². The number of rotatable bonds is 6. The number of ether oxygens (including phenoxy) is 1. The zero-order valence-corrected chi connectivity index (χ0v) is 16.1. The quantitative estimate of drug-likeness (QED) is 0.785. The summed E-state index contributed by atoms with van der Waals surface area (Å²) in [5.74, 6) is -0.108. The van der Waals surface area contributed by atoms with Gasteiger partial charge in [-0.3, -0.25) is 9.59 Å². The van der Waals surface area contributed by atoms with Gasteiger partial charge in [0, 0.05) is 12.3 Å². The Hall–Kier alpha value is -3.24. The molecule has 1 atom stereocenters. The number of hydrogen-bond acceptors (Lipinski definition) is 5. The van der Waals surface area contributed by atoms with E-state index in [-0.39, 0.29) is 29.9 Å². The predicted octanol–water partition coefficient (Wildman–Crippen LogP) is 3.41. The summed E-state index contributed by atoms with van der Waals surface area (Å²) in [4.78, 5) is 24.5. The molecule has 7 heteroatoms. The summed E-state index contributed by atoms with van der Waals surface area (Å²) in [6.45, 7) is 0. The Bertz CT molecular complexity index is 951. The molecule has 2 aromatic rings. The molecule has 0 saturated carbocycles. The number of nitrogens with one attached hydrogen (secondary N) is 2. The van der Waals surface area contributed by atoms with Crippen LogP contribution in [0.25, 0.3) is 0 Å². The van der Waals surface area contributed by atoms with Crippen LogP contribution in [0.2, 0.25) is 0 Å². The highest BCUT2D eigenvalue weighted by Gasteiger charge is 2.29. The zero-order valence-electron chi connectivity index (χ0n) is 15.3. The molecule has 1 aliphatic rings. The van der Waals surface area contributed by atoms with E-state index < -0.39 is 0 Å². The number of anilines is 1. The second-order valence-electron chi connectivity index (χ2n) is 6.11. The van der Waals surface area contributed by atoms with Crippen LogP contribution >= 0.6 is 11.8 Å². The summed E-state index contributed by atoms with van der Waals surface area (Å²) in [6.07, 6.45) is 0.213. The molecule has 2 N–H and O–H groups in total. The van der Waals surface area contributed by atoms with Crippen molar-refractivity contribution < 1.29 is 14.3 Å². The first kappa shape index (κ1) is 19.5. The first-order valence-corrected chi connectivity index (χ1v) is 9.65. The summed E-state index contributed by atoms with van der Waals surface area (Å²) in [5, 5.41) is 15.6. The van der Waals surface area contributed by atoms with Crippen LogP contribution in [0.3, 0.4) is 0 Å². The van der Waals surface area contributed by atoms with Gasteiger partial charge in [-0.15, -0.1) is 0 Å². The van der Waals surface area contributed by atoms with Gasteiger partial charge in [0.2, 0.25) is 11.8 Å². The highest BCUT2D eigenvalue weighted by atomic mass is 32.2. The number of nitrogens with zero attached hydrogens (tertiary/aromatic N) is 1. The third kappa shape index (κ3) is 4.53. The van der Waals surface area contributed by atoms with Crippen LogP contribution in [0.4, 0.5) is 5.69 Å². The summed E-state index contributed by atoms with van der Waals surface area (Å²) < 4.78 is 5.22. The van der Waals surface area contributed by atoms with E-state index in [1.54, 1.807) is 18.2 Å². The molecule has 2 amide bonds. The molecule has 0 spiro atoms. The van der Waals surface area contributed by atoms with E-state index >= 15 is 0 Å². The fraction of sp³-hybridized carbons (Fsp3) is 0.190. The number of carbonyl (C=O) groups excluding carboxylic acids is 2. The predicted molar refractivity (Wildman–Crippen MR) is 109 cm³/mol. The maximum atomic E-state index is 12.3. The monoisotopic (exact) mass is 393 g/mol. The van der Waals surface area contributed by atoms with Gasteiger partial charge in [0.15, 0.2) is 0 Å². The topological polar surface area (TPSA) is 91.2 Å². The molecule has 0 saturated heterocycles. The first-order chi connectivity index (χ1) is 13.6. The van der Waals surface area contributed by atoms with Crippen molar-refractivity contribution in [3.8, 4) is 11.8 Å².